The Bertz CT molecular complexity index is 366. The molecule has 0 radical (unpaired) electrons. The average Bonchev–Trinajstić information content (AvgIpc) is 2.06. The minimum Gasteiger partial charge on any atom is -0.518 e. The fraction of sp³-hybridized carbons (Fsp3) is 0.429. The number of hydrogen-bond acceptors (Lipinski definition) is 4. The maximum Gasteiger partial charge on any atom is 2.00 e. The molecular formula is C7H8F3NO3SW. The molecule has 16 heavy (non-hydrogen) atoms. The van der Waals surface area contributed by atoms with E-state index in [0.717, 1.165) is 0 Å². The summed E-state index contributed by atoms with van der Waals surface area (Å²) in [6.07, 6.45) is 1.17. The maximum atomic E-state index is 11.9. The summed E-state index contributed by atoms with van der Waals surface area (Å²) < 4.78 is 60.7. The van der Waals surface area contributed by atoms with E-state index in [1.807, 2.05) is 0 Å². The molecule has 0 aromatic carbocycles. The molecule has 92 valence electrons. The molecule has 0 saturated carbocycles. The Hall–Kier alpha value is -0.202. The van der Waals surface area contributed by atoms with Crippen LogP contribution in [-0.2, 0) is 35.4 Å². The fourth-order valence-corrected chi connectivity index (χ4v) is 1.31. The van der Waals surface area contributed by atoms with E-state index in [4.69, 9.17) is 0 Å². The predicted molar refractivity (Wildman–Crippen MR) is 45.1 cm³/mol. The van der Waals surface area contributed by atoms with Crippen molar-refractivity contribution in [2.75, 3.05) is 7.05 Å². The third-order valence-corrected chi connectivity index (χ3v) is 2.58. The van der Waals surface area contributed by atoms with Gasteiger partial charge in [0.05, 0.1) is 0 Å². The van der Waals surface area contributed by atoms with Crippen molar-refractivity contribution in [3.63, 3.8) is 0 Å². The Morgan fingerprint density at radius 1 is 1.50 bits per heavy atom. The van der Waals surface area contributed by atoms with Crippen LogP contribution in [0, 0.1) is 13.1 Å². The van der Waals surface area contributed by atoms with Crippen LogP contribution in [0.3, 0.4) is 0 Å². The third-order valence-electron chi connectivity index (χ3n) is 1.58. The smallest absolute Gasteiger partial charge is 0.518 e. The zero-order valence-corrected chi connectivity index (χ0v) is 11.8. The number of likely N-dealkylation sites (N-methyl/N-ethyl adjacent to an activating group) is 1. The van der Waals surface area contributed by atoms with Crippen molar-refractivity contribution in [2.24, 2.45) is 0 Å². The standard InChI is InChI=1S/C7H8F3NO3S.W/c1-11-4-2-6(3-5-11)14-15(12,13)7(8,9)10;/h2,4-5H,3H2,1H3;/q-2;+2. The molecule has 0 atom stereocenters. The van der Waals surface area contributed by atoms with Crippen molar-refractivity contribution in [3.8, 4) is 0 Å². The van der Waals surface area contributed by atoms with Crippen LogP contribution in [-0.4, -0.2) is 25.9 Å². The van der Waals surface area contributed by atoms with Crippen LogP contribution in [0.15, 0.2) is 11.8 Å². The van der Waals surface area contributed by atoms with Crippen molar-refractivity contribution in [3.05, 3.63) is 24.9 Å². The Balaban J connectivity index is 0.00000225. The summed E-state index contributed by atoms with van der Waals surface area (Å²) in [4.78, 5) is 1.58. The van der Waals surface area contributed by atoms with Crippen molar-refractivity contribution < 1.29 is 46.8 Å². The molecule has 1 aliphatic rings. The summed E-state index contributed by atoms with van der Waals surface area (Å²) in [6, 6.07) is 0. The predicted octanol–water partition coefficient (Wildman–Crippen LogP) is 1.39. The summed E-state index contributed by atoms with van der Waals surface area (Å²) in [7, 11) is -3.88. The normalized spacial score (nSPS) is 18.1. The molecule has 0 amide bonds. The number of nitrogens with zero attached hydrogens (tertiary/aromatic N) is 1. The summed E-state index contributed by atoms with van der Waals surface area (Å²) in [5.41, 5.74) is -5.39. The monoisotopic (exact) mass is 427 g/mol. The molecule has 0 spiro atoms. The zero-order chi connectivity index (χ0) is 11.7. The van der Waals surface area contributed by atoms with Gasteiger partial charge < -0.3 is 9.08 Å². The van der Waals surface area contributed by atoms with E-state index in [0.29, 0.717) is 0 Å². The van der Waals surface area contributed by atoms with Crippen LogP contribution in [0.25, 0.3) is 0 Å². The van der Waals surface area contributed by atoms with Gasteiger partial charge in [-0.05, 0) is 0 Å². The molecule has 4 nitrogen and oxygen atoms in total. The molecule has 1 aliphatic heterocycles. The molecule has 0 fully saturated rings. The van der Waals surface area contributed by atoms with E-state index in [1.165, 1.54) is 19.2 Å². The van der Waals surface area contributed by atoms with E-state index in [9.17, 15) is 21.6 Å². The van der Waals surface area contributed by atoms with E-state index in [1.54, 1.807) is 11.9 Å². The molecule has 0 N–H and O–H groups in total. The maximum absolute atomic E-state index is 11.9. The first kappa shape index (κ1) is 15.8. The Morgan fingerprint density at radius 2 is 2.06 bits per heavy atom. The van der Waals surface area contributed by atoms with E-state index < -0.39 is 15.6 Å². The molecule has 0 aliphatic carbocycles. The van der Waals surface area contributed by atoms with Gasteiger partial charge in [-0.15, -0.1) is 0 Å². The van der Waals surface area contributed by atoms with Crippen molar-refractivity contribution in [2.45, 2.75) is 11.9 Å². The Kier molecular flexibility index (Phi) is 5.35. The molecule has 1 rings (SSSR count). The van der Waals surface area contributed by atoms with E-state index >= 15 is 0 Å². The molecule has 0 bridgehead atoms. The van der Waals surface area contributed by atoms with Gasteiger partial charge in [0.1, 0.15) is 0 Å². The van der Waals surface area contributed by atoms with Crippen molar-refractivity contribution in [1.29, 1.82) is 0 Å². The van der Waals surface area contributed by atoms with Gasteiger partial charge in [0, 0.05) is 0 Å². The van der Waals surface area contributed by atoms with Gasteiger partial charge in [0.15, 0.2) is 0 Å². The molecule has 0 saturated heterocycles. The summed E-state index contributed by atoms with van der Waals surface area (Å²) in [5.74, 6) is -0.259. The number of alkyl halides is 3. The summed E-state index contributed by atoms with van der Waals surface area (Å²) in [6.45, 7) is 2.88. The molecule has 0 aromatic rings. The zero-order valence-electron chi connectivity index (χ0n) is 8.06. The summed E-state index contributed by atoms with van der Waals surface area (Å²) >= 11 is 0. The quantitative estimate of drug-likeness (QED) is 0.380. The SMILES string of the molecule is CN1[CH-]C=C(OS(=O)(=O)C(F)(F)F)C[CH-]1.[W+2]. The largest absolute Gasteiger partial charge is 2.00 e. The first-order valence-corrected chi connectivity index (χ1v) is 5.23. The van der Waals surface area contributed by atoms with Gasteiger partial charge >= 0.3 is 36.7 Å². The number of halogens is 3. The fourth-order valence-electron chi connectivity index (χ4n) is 0.814. The van der Waals surface area contributed by atoms with Gasteiger partial charge in [-0.1, -0.05) is 12.8 Å². The topological polar surface area (TPSA) is 46.6 Å². The van der Waals surface area contributed by atoms with E-state index in [-0.39, 0.29) is 33.2 Å². The van der Waals surface area contributed by atoms with Crippen LogP contribution < -0.4 is 0 Å². The van der Waals surface area contributed by atoms with Crippen LogP contribution in [0.2, 0.25) is 0 Å². The van der Waals surface area contributed by atoms with Gasteiger partial charge in [-0.3, -0.25) is 6.54 Å². The minimum atomic E-state index is -5.54. The molecule has 0 unspecified atom stereocenters. The average molecular weight is 427 g/mol. The Morgan fingerprint density at radius 3 is 2.44 bits per heavy atom. The second-order valence-electron chi connectivity index (χ2n) is 2.82. The third kappa shape index (κ3) is 3.99. The van der Waals surface area contributed by atoms with Crippen LogP contribution in [0.4, 0.5) is 13.2 Å². The van der Waals surface area contributed by atoms with Crippen LogP contribution in [0.5, 0.6) is 0 Å². The second kappa shape index (κ2) is 5.42. The summed E-state index contributed by atoms with van der Waals surface area (Å²) in [5, 5.41) is 0. The van der Waals surface area contributed by atoms with E-state index in [2.05, 4.69) is 4.18 Å². The van der Waals surface area contributed by atoms with Crippen LogP contribution >= 0.6 is 0 Å². The van der Waals surface area contributed by atoms with Gasteiger partial charge in [0.2, 0.25) is 0 Å². The first-order valence-electron chi connectivity index (χ1n) is 3.82. The number of hydrogen-bond donors (Lipinski definition) is 0. The minimum absolute atomic E-state index is 0. The van der Waals surface area contributed by atoms with Gasteiger partial charge in [-0.25, -0.2) is 0 Å². The molecular weight excluding hydrogens is 419 g/mol. The second-order valence-corrected chi connectivity index (χ2v) is 4.36. The molecule has 1 heterocycles. The van der Waals surface area contributed by atoms with Gasteiger partial charge in [-0.2, -0.15) is 40.6 Å². The molecule has 0 aromatic heterocycles. The molecule has 9 heteroatoms. The van der Waals surface area contributed by atoms with Gasteiger partial charge in [0.25, 0.3) is 0 Å². The van der Waals surface area contributed by atoms with Crippen molar-refractivity contribution >= 4 is 10.1 Å². The number of rotatable bonds is 2. The van der Waals surface area contributed by atoms with Crippen LogP contribution in [0.1, 0.15) is 6.42 Å². The Labute approximate surface area is 106 Å². The van der Waals surface area contributed by atoms with Crippen molar-refractivity contribution in [1.82, 2.24) is 4.90 Å². The first-order chi connectivity index (χ1) is 6.72.